The quantitative estimate of drug-likeness (QED) is 0.676. The molecule has 1 N–H and O–H groups in total. The number of hydrogen-bond donors (Lipinski definition) is 1. The minimum Gasteiger partial charge on any atom is -0.368 e. The summed E-state index contributed by atoms with van der Waals surface area (Å²) in [4.78, 5) is 22.4. The molecule has 1 aliphatic heterocycles. The molecule has 0 spiro atoms. The van der Waals surface area contributed by atoms with Gasteiger partial charge in [-0.25, -0.2) is 0 Å². The lowest BCUT2D eigenvalue weighted by Gasteiger charge is -2.44. The van der Waals surface area contributed by atoms with Crippen LogP contribution in [0, 0.1) is 18.3 Å². The number of carbonyl (C=O) groups is 1. The van der Waals surface area contributed by atoms with Crippen LogP contribution < -0.4 is 10.2 Å². The van der Waals surface area contributed by atoms with Crippen LogP contribution >= 0.6 is 0 Å². The fourth-order valence-electron chi connectivity index (χ4n) is 4.60. The van der Waals surface area contributed by atoms with Crippen molar-refractivity contribution in [1.29, 1.82) is 5.26 Å². The van der Waals surface area contributed by atoms with E-state index in [9.17, 15) is 10.1 Å². The molecule has 3 aromatic rings. The fourth-order valence-corrected chi connectivity index (χ4v) is 4.60. The van der Waals surface area contributed by atoms with Gasteiger partial charge in [-0.2, -0.15) is 5.26 Å². The van der Waals surface area contributed by atoms with E-state index in [1.165, 1.54) is 0 Å². The molecule has 2 aromatic carbocycles. The van der Waals surface area contributed by atoms with Crippen LogP contribution in [0.25, 0.3) is 10.9 Å². The van der Waals surface area contributed by atoms with Gasteiger partial charge in [-0.1, -0.05) is 18.2 Å². The lowest BCUT2D eigenvalue weighted by atomic mass is 9.97. The van der Waals surface area contributed by atoms with Gasteiger partial charge in [-0.05, 0) is 69.3 Å². The van der Waals surface area contributed by atoms with Crippen LogP contribution in [0.2, 0.25) is 0 Å². The van der Waals surface area contributed by atoms with Gasteiger partial charge in [-0.3, -0.25) is 9.78 Å². The number of carbonyl (C=O) groups excluding carboxylic acids is 1. The maximum atomic E-state index is 13.4. The second-order valence-electron chi connectivity index (χ2n) is 9.23. The highest BCUT2D eigenvalue weighted by Crippen LogP contribution is 2.48. The number of amides is 1. The molecule has 1 saturated heterocycles. The maximum Gasteiger partial charge on any atom is 0.252 e. The van der Waals surface area contributed by atoms with Crippen LogP contribution in [0.4, 0.5) is 5.69 Å². The molecule has 2 heterocycles. The van der Waals surface area contributed by atoms with Gasteiger partial charge in [0.05, 0.1) is 16.6 Å². The van der Waals surface area contributed by atoms with Crippen molar-refractivity contribution in [2.24, 2.45) is 0 Å². The Labute approximate surface area is 188 Å². The van der Waals surface area contributed by atoms with E-state index in [4.69, 9.17) is 0 Å². The summed E-state index contributed by atoms with van der Waals surface area (Å²) in [5, 5.41) is 13.7. The number of nitrogens with one attached hydrogen (secondary N) is 1. The first-order chi connectivity index (χ1) is 15.4. The molecule has 1 aromatic heterocycles. The Morgan fingerprint density at radius 1 is 1.22 bits per heavy atom. The Morgan fingerprint density at radius 3 is 2.69 bits per heavy atom. The van der Waals surface area contributed by atoms with E-state index in [2.05, 4.69) is 46.3 Å². The smallest absolute Gasteiger partial charge is 0.252 e. The molecule has 2 aliphatic rings. The van der Waals surface area contributed by atoms with Gasteiger partial charge in [0.1, 0.15) is 6.07 Å². The molecule has 2 fully saturated rings. The molecule has 1 amide bonds. The van der Waals surface area contributed by atoms with Crippen LogP contribution in [-0.2, 0) is 5.54 Å². The Hall–Kier alpha value is -3.43. The Balaban J connectivity index is 1.42. The molecule has 0 atom stereocenters. The van der Waals surface area contributed by atoms with Gasteiger partial charge in [0.15, 0.2) is 0 Å². The monoisotopic (exact) mass is 425 g/mol. The third kappa shape index (κ3) is 3.39. The van der Waals surface area contributed by atoms with E-state index in [1.54, 1.807) is 12.3 Å². The largest absolute Gasteiger partial charge is 0.368 e. The molecule has 32 heavy (non-hydrogen) atoms. The predicted octanol–water partition coefficient (Wildman–Crippen LogP) is 3.58. The number of benzene rings is 2. The van der Waals surface area contributed by atoms with E-state index in [-0.39, 0.29) is 5.91 Å². The number of pyridine rings is 1. The average molecular weight is 426 g/mol. The molecule has 162 valence electrons. The van der Waals surface area contributed by atoms with Crippen molar-refractivity contribution in [2.45, 2.75) is 31.3 Å². The third-order valence-corrected chi connectivity index (χ3v) is 6.93. The first-order valence-electron chi connectivity index (χ1n) is 11.0. The summed E-state index contributed by atoms with van der Waals surface area (Å²) in [5.74, 6) is -0.0482. The SMILES string of the molecule is Cc1ccc(N2CC(N(C)C)C2)cc1C(=O)NC1(c2ccnc3c(C#N)cccc23)CC1. The second-order valence-corrected chi connectivity index (χ2v) is 9.23. The summed E-state index contributed by atoms with van der Waals surface area (Å²) < 4.78 is 0. The summed E-state index contributed by atoms with van der Waals surface area (Å²) in [6.45, 7) is 3.94. The molecule has 0 radical (unpaired) electrons. The van der Waals surface area contributed by atoms with Crippen molar-refractivity contribution in [2.75, 3.05) is 32.1 Å². The van der Waals surface area contributed by atoms with E-state index in [1.807, 2.05) is 37.3 Å². The van der Waals surface area contributed by atoms with Gasteiger partial charge in [-0.15, -0.1) is 0 Å². The molecular formula is C26H27N5O. The number of para-hydroxylation sites is 1. The highest BCUT2D eigenvalue weighted by atomic mass is 16.1. The molecule has 6 nitrogen and oxygen atoms in total. The molecule has 0 unspecified atom stereocenters. The van der Waals surface area contributed by atoms with E-state index < -0.39 is 5.54 Å². The second kappa shape index (κ2) is 7.61. The number of rotatable bonds is 5. The van der Waals surface area contributed by atoms with Crippen molar-refractivity contribution in [3.8, 4) is 6.07 Å². The summed E-state index contributed by atoms with van der Waals surface area (Å²) in [6, 6.07) is 16.6. The van der Waals surface area contributed by atoms with Gasteiger partial charge >= 0.3 is 0 Å². The van der Waals surface area contributed by atoms with E-state index >= 15 is 0 Å². The third-order valence-electron chi connectivity index (χ3n) is 6.93. The first kappa shape index (κ1) is 20.5. The number of aryl methyl sites for hydroxylation is 1. The van der Waals surface area contributed by atoms with Crippen molar-refractivity contribution in [1.82, 2.24) is 15.2 Å². The zero-order valence-electron chi connectivity index (χ0n) is 18.7. The summed E-state index contributed by atoms with van der Waals surface area (Å²) in [5.41, 5.74) is 4.67. The van der Waals surface area contributed by atoms with Gasteiger partial charge in [0, 0.05) is 42.0 Å². The van der Waals surface area contributed by atoms with Crippen LogP contribution in [0.3, 0.4) is 0 Å². The molecule has 1 saturated carbocycles. The fraction of sp³-hybridized carbons (Fsp3) is 0.346. The van der Waals surface area contributed by atoms with E-state index in [0.29, 0.717) is 17.1 Å². The summed E-state index contributed by atoms with van der Waals surface area (Å²) in [6.07, 6.45) is 3.50. The van der Waals surface area contributed by atoms with Crippen molar-refractivity contribution < 1.29 is 4.79 Å². The topological polar surface area (TPSA) is 72.3 Å². The van der Waals surface area contributed by atoms with Gasteiger partial charge < -0.3 is 15.1 Å². The van der Waals surface area contributed by atoms with Gasteiger partial charge in [0.25, 0.3) is 5.91 Å². The van der Waals surface area contributed by atoms with Crippen LogP contribution in [-0.4, -0.2) is 49.0 Å². The van der Waals surface area contributed by atoms with Crippen LogP contribution in [0.1, 0.15) is 39.9 Å². The van der Waals surface area contributed by atoms with Crippen molar-refractivity contribution >= 4 is 22.5 Å². The van der Waals surface area contributed by atoms with Crippen molar-refractivity contribution in [3.63, 3.8) is 0 Å². The van der Waals surface area contributed by atoms with Crippen molar-refractivity contribution in [3.05, 3.63) is 70.9 Å². The standard InChI is InChI=1S/C26H27N5O/c1-17-7-8-19(31-15-20(16-31)30(2)3)13-22(17)25(32)29-26(10-11-26)23-9-12-28-24-18(14-27)5-4-6-21(23)24/h4-9,12-13,20H,10-11,15-16H2,1-3H3,(H,29,32). The van der Waals surface area contributed by atoms with Crippen LogP contribution in [0.15, 0.2) is 48.7 Å². The van der Waals surface area contributed by atoms with E-state index in [0.717, 1.165) is 53.7 Å². The highest BCUT2D eigenvalue weighted by Gasteiger charge is 2.47. The number of nitrogens with zero attached hydrogens (tertiary/aromatic N) is 4. The lowest BCUT2D eigenvalue weighted by molar-refractivity contribution is 0.0930. The predicted molar refractivity (Wildman–Crippen MR) is 126 cm³/mol. The number of anilines is 1. The number of likely N-dealkylation sites (N-methyl/N-ethyl adjacent to an activating group) is 1. The summed E-state index contributed by atoms with van der Waals surface area (Å²) in [7, 11) is 4.21. The minimum absolute atomic E-state index is 0.0482. The zero-order valence-corrected chi connectivity index (χ0v) is 18.7. The normalized spacial score (nSPS) is 17.2. The number of fused-ring (bicyclic) bond motifs is 1. The first-order valence-corrected chi connectivity index (χ1v) is 11.0. The molecule has 1 aliphatic carbocycles. The lowest BCUT2D eigenvalue weighted by Crippen LogP contribution is -2.57. The number of hydrogen-bond acceptors (Lipinski definition) is 5. The maximum absolute atomic E-state index is 13.4. The Bertz CT molecular complexity index is 1250. The summed E-state index contributed by atoms with van der Waals surface area (Å²) >= 11 is 0. The number of aromatic nitrogens is 1. The molecular weight excluding hydrogens is 398 g/mol. The molecule has 0 bridgehead atoms. The van der Waals surface area contributed by atoms with Crippen LogP contribution in [0.5, 0.6) is 0 Å². The molecule has 5 rings (SSSR count). The number of nitriles is 1. The van der Waals surface area contributed by atoms with Gasteiger partial charge in [0.2, 0.25) is 0 Å². The highest BCUT2D eigenvalue weighted by molar-refractivity contribution is 5.98. The average Bonchev–Trinajstić information content (AvgIpc) is 3.52. The minimum atomic E-state index is -0.401. The Morgan fingerprint density at radius 2 is 2.00 bits per heavy atom. The molecule has 6 heteroatoms. The zero-order chi connectivity index (χ0) is 22.5. The Kier molecular flexibility index (Phi) is 4.87.